The summed E-state index contributed by atoms with van der Waals surface area (Å²) in [4.78, 5) is 23.9. The van der Waals surface area contributed by atoms with Crippen LogP contribution in [0.4, 0.5) is 10.5 Å². The van der Waals surface area contributed by atoms with Gasteiger partial charge in [0, 0.05) is 3.57 Å². The number of ether oxygens (including phenoxy) is 2. The van der Waals surface area contributed by atoms with Crippen molar-refractivity contribution in [3.63, 3.8) is 0 Å². The van der Waals surface area contributed by atoms with E-state index in [1.54, 1.807) is 26.8 Å². The number of para-hydroxylation sites is 1. The fourth-order valence-electron chi connectivity index (χ4n) is 1.76. The summed E-state index contributed by atoms with van der Waals surface area (Å²) in [5.41, 5.74) is 0.00129. The first-order valence-electron chi connectivity index (χ1n) is 6.48. The number of alkyl carbamates (subject to hydrolysis) is 1. The van der Waals surface area contributed by atoms with Gasteiger partial charge in [0.25, 0.3) is 5.91 Å². The quantitative estimate of drug-likeness (QED) is 0.706. The number of nitrogens with one attached hydrogen (secondary N) is 2. The lowest BCUT2D eigenvalue weighted by molar-refractivity contribution is -0.118. The second kappa shape index (κ2) is 6.08. The van der Waals surface area contributed by atoms with Gasteiger partial charge in [-0.05, 0) is 55.5 Å². The summed E-state index contributed by atoms with van der Waals surface area (Å²) >= 11 is 2.11. The van der Waals surface area contributed by atoms with Gasteiger partial charge in [-0.25, -0.2) is 4.79 Å². The lowest BCUT2D eigenvalue weighted by atomic mass is 10.2. The summed E-state index contributed by atoms with van der Waals surface area (Å²) in [5.74, 6) is 0.257. The number of hydrogen-bond acceptors (Lipinski definition) is 4. The molecule has 6 nitrogen and oxygen atoms in total. The van der Waals surface area contributed by atoms with E-state index in [2.05, 4.69) is 33.2 Å². The van der Waals surface area contributed by atoms with Crippen molar-refractivity contribution in [1.82, 2.24) is 5.32 Å². The Balaban J connectivity index is 2.07. The molecule has 1 heterocycles. The molecule has 0 saturated heterocycles. The maximum absolute atomic E-state index is 12.2. The highest BCUT2D eigenvalue weighted by molar-refractivity contribution is 14.1. The standard InChI is InChI=1S/C14H17IN2O4/c1-14(2,3)21-13(19)16-9-7-20-10-6-4-5-8(15)11(10)17-12(9)18/h4-6,9H,7H2,1-3H3,(H,16,19)(H,17,18)/t9-/m0/s1. The Kier molecular flexibility index (Phi) is 4.60. The van der Waals surface area contributed by atoms with Gasteiger partial charge in [0.1, 0.15) is 24.0 Å². The predicted molar refractivity (Wildman–Crippen MR) is 86.4 cm³/mol. The van der Waals surface area contributed by atoms with E-state index in [9.17, 15) is 9.59 Å². The molecule has 0 aliphatic carbocycles. The van der Waals surface area contributed by atoms with Crippen LogP contribution in [0.3, 0.4) is 0 Å². The van der Waals surface area contributed by atoms with Gasteiger partial charge in [0.05, 0.1) is 5.69 Å². The lowest BCUT2D eigenvalue weighted by Crippen LogP contribution is -2.48. The minimum atomic E-state index is -0.803. The van der Waals surface area contributed by atoms with Crippen molar-refractivity contribution in [2.75, 3.05) is 11.9 Å². The van der Waals surface area contributed by atoms with Crippen LogP contribution in [0.15, 0.2) is 18.2 Å². The minimum Gasteiger partial charge on any atom is -0.489 e. The highest BCUT2D eigenvalue weighted by Gasteiger charge is 2.28. The van der Waals surface area contributed by atoms with E-state index in [0.717, 1.165) is 3.57 Å². The average molecular weight is 404 g/mol. The van der Waals surface area contributed by atoms with Gasteiger partial charge in [0.2, 0.25) is 0 Å². The maximum Gasteiger partial charge on any atom is 0.408 e. The molecule has 1 aliphatic rings. The molecule has 0 fully saturated rings. The number of carbonyl (C=O) groups is 2. The first kappa shape index (κ1) is 15.9. The smallest absolute Gasteiger partial charge is 0.408 e. The third kappa shape index (κ3) is 4.23. The van der Waals surface area contributed by atoms with Gasteiger partial charge in [-0.2, -0.15) is 0 Å². The van der Waals surface area contributed by atoms with Crippen molar-refractivity contribution < 1.29 is 19.1 Å². The van der Waals surface area contributed by atoms with E-state index in [1.165, 1.54) is 0 Å². The molecule has 0 saturated carbocycles. The molecule has 1 aromatic rings. The molecular formula is C14H17IN2O4. The van der Waals surface area contributed by atoms with E-state index in [4.69, 9.17) is 9.47 Å². The van der Waals surface area contributed by atoms with Gasteiger partial charge in [-0.3, -0.25) is 4.79 Å². The zero-order valence-corrected chi connectivity index (χ0v) is 14.2. The SMILES string of the molecule is CC(C)(C)OC(=O)N[C@H]1COc2cccc(I)c2NC1=O. The summed E-state index contributed by atoms with van der Waals surface area (Å²) in [6.07, 6.45) is -0.646. The molecule has 1 atom stereocenters. The predicted octanol–water partition coefficient (Wildman–Crippen LogP) is 2.52. The number of rotatable bonds is 1. The van der Waals surface area contributed by atoms with Crippen LogP contribution in [0.1, 0.15) is 20.8 Å². The van der Waals surface area contributed by atoms with Crippen LogP contribution in [0.25, 0.3) is 0 Å². The fourth-order valence-corrected chi connectivity index (χ4v) is 2.37. The molecule has 2 rings (SSSR count). The van der Waals surface area contributed by atoms with Crippen molar-refractivity contribution in [3.05, 3.63) is 21.8 Å². The number of carbonyl (C=O) groups excluding carboxylic acids is 2. The molecule has 2 N–H and O–H groups in total. The summed E-state index contributed by atoms with van der Waals surface area (Å²) in [6, 6.07) is 4.68. The Morgan fingerprint density at radius 2 is 2.19 bits per heavy atom. The van der Waals surface area contributed by atoms with Crippen LogP contribution < -0.4 is 15.4 Å². The molecular weight excluding hydrogens is 387 g/mol. The first-order valence-corrected chi connectivity index (χ1v) is 7.56. The van der Waals surface area contributed by atoms with E-state index in [1.807, 2.05) is 12.1 Å². The summed E-state index contributed by atoms with van der Waals surface area (Å²) in [7, 11) is 0. The van der Waals surface area contributed by atoms with Crippen molar-refractivity contribution in [2.24, 2.45) is 0 Å². The highest BCUT2D eigenvalue weighted by atomic mass is 127. The number of fused-ring (bicyclic) bond motifs is 1. The van der Waals surface area contributed by atoms with Crippen LogP contribution in [-0.2, 0) is 9.53 Å². The molecule has 1 aliphatic heterocycles. The second-order valence-corrected chi connectivity index (χ2v) is 6.77. The van der Waals surface area contributed by atoms with Gasteiger partial charge in [-0.15, -0.1) is 0 Å². The molecule has 0 radical (unpaired) electrons. The molecule has 0 aromatic heterocycles. The Morgan fingerprint density at radius 1 is 1.48 bits per heavy atom. The first-order chi connectivity index (χ1) is 9.76. The van der Waals surface area contributed by atoms with Gasteiger partial charge in [-0.1, -0.05) is 6.07 Å². The third-order valence-electron chi connectivity index (χ3n) is 2.64. The topological polar surface area (TPSA) is 76.7 Å². The van der Waals surface area contributed by atoms with Gasteiger partial charge in [0.15, 0.2) is 0 Å². The normalized spacial score (nSPS) is 17.9. The Bertz CT molecular complexity index is 569. The van der Waals surface area contributed by atoms with Crippen molar-refractivity contribution in [2.45, 2.75) is 32.4 Å². The highest BCUT2D eigenvalue weighted by Crippen LogP contribution is 2.31. The second-order valence-electron chi connectivity index (χ2n) is 5.61. The number of amides is 2. The molecule has 0 spiro atoms. The van der Waals surface area contributed by atoms with Gasteiger partial charge >= 0.3 is 6.09 Å². The lowest BCUT2D eigenvalue weighted by Gasteiger charge is -2.22. The van der Waals surface area contributed by atoms with E-state index < -0.39 is 17.7 Å². The number of anilines is 1. The molecule has 114 valence electrons. The summed E-state index contributed by atoms with van der Waals surface area (Å²) in [6.45, 7) is 5.33. The molecule has 0 unspecified atom stereocenters. The van der Waals surface area contributed by atoms with Crippen molar-refractivity contribution in [1.29, 1.82) is 0 Å². The molecule has 1 aromatic carbocycles. The van der Waals surface area contributed by atoms with Crippen LogP contribution in [0.2, 0.25) is 0 Å². The fraction of sp³-hybridized carbons (Fsp3) is 0.429. The van der Waals surface area contributed by atoms with Crippen molar-refractivity contribution in [3.8, 4) is 5.75 Å². The van der Waals surface area contributed by atoms with E-state index in [-0.39, 0.29) is 12.5 Å². The molecule has 7 heteroatoms. The van der Waals surface area contributed by atoms with Crippen LogP contribution >= 0.6 is 22.6 Å². The third-order valence-corrected chi connectivity index (χ3v) is 3.54. The molecule has 2 amide bonds. The van der Waals surface area contributed by atoms with Crippen LogP contribution in [0, 0.1) is 3.57 Å². The zero-order chi connectivity index (χ0) is 15.6. The minimum absolute atomic E-state index is 0.0537. The molecule has 0 bridgehead atoms. The Morgan fingerprint density at radius 3 is 2.86 bits per heavy atom. The van der Waals surface area contributed by atoms with Gasteiger partial charge < -0.3 is 20.1 Å². The largest absolute Gasteiger partial charge is 0.489 e. The summed E-state index contributed by atoms with van der Waals surface area (Å²) in [5, 5.41) is 5.29. The van der Waals surface area contributed by atoms with E-state index in [0.29, 0.717) is 11.4 Å². The maximum atomic E-state index is 12.2. The Labute approximate surface area is 136 Å². The van der Waals surface area contributed by atoms with Crippen LogP contribution in [0.5, 0.6) is 5.75 Å². The molecule has 21 heavy (non-hydrogen) atoms. The average Bonchev–Trinajstić information content (AvgIpc) is 2.49. The van der Waals surface area contributed by atoms with E-state index >= 15 is 0 Å². The monoisotopic (exact) mass is 404 g/mol. The number of hydrogen-bond donors (Lipinski definition) is 2. The van der Waals surface area contributed by atoms with Crippen LogP contribution in [-0.4, -0.2) is 30.3 Å². The summed E-state index contributed by atoms with van der Waals surface area (Å²) < 4.78 is 11.6. The number of halogens is 1. The Hall–Kier alpha value is -1.51. The zero-order valence-electron chi connectivity index (χ0n) is 12.0. The number of benzene rings is 1. The van der Waals surface area contributed by atoms with Crippen molar-refractivity contribution >= 4 is 40.3 Å².